The van der Waals surface area contributed by atoms with Gasteiger partial charge in [-0.2, -0.15) is 0 Å². The first-order chi connectivity index (χ1) is 11.6. The van der Waals surface area contributed by atoms with Crippen LogP contribution in [0.2, 0.25) is 0 Å². The van der Waals surface area contributed by atoms with E-state index in [9.17, 15) is 14.7 Å². The lowest BCUT2D eigenvalue weighted by molar-refractivity contribution is -0.130. The molecule has 3 rings (SSSR count). The van der Waals surface area contributed by atoms with E-state index in [1.54, 1.807) is 29.2 Å². The van der Waals surface area contributed by atoms with E-state index in [4.69, 9.17) is 0 Å². The number of hydrogen-bond acceptors (Lipinski definition) is 3. The Labute approximate surface area is 140 Å². The molecule has 1 aliphatic heterocycles. The van der Waals surface area contributed by atoms with Gasteiger partial charge in [0.15, 0.2) is 6.10 Å². The van der Waals surface area contributed by atoms with Crippen LogP contribution in [0.4, 0.5) is 5.69 Å². The number of carbonyl (C=O) groups excluding carboxylic acids is 2. The van der Waals surface area contributed by atoms with Crippen LogP contribution in [0.25, 0.3) is 0 Å². The minimum atomic E-state index is -1.20. The minimum Gasteiger partial charge on any atom is -0.378 e. The van der Waals surface area contributed by atoms with E-state index in [-0.39, 0.29) is 11.9 Å². The summed E-state index contributed by atoms with van der Waals surface area (Å²) in [5.74, 6) is -0.450. The van der Waals surface area contributed by atoms with Crippen LogP contribution in [0.3, 0.4) is 0 Å². The number of aliphatic hydroxyl groups excluding tert-OH is 1. The van der Waals surface area contributed by atoms with E-state index in [0.29, 0.717) is 18.5 Å². The molecule has 0 unspecified atom stereocenters. The predicted molar refractivity (Wildman–Crippen MR) is 91.4 cm³/mol. The molecular formula is C19H20N2O3. The quantitative estimate of drug-likeness (QED) is 0.910. The number of rotatable bonds is 3. The number of anilines is 1. The van der Waals surface area contributed by atoms with Gasteiger partial charge in [-0.3, -0.25) is 9.59 Å². The highest BCUT2D eigenvalue weighted by molar-refractivity contribution is 5.93. The molecule has 2 amide bonds. The van der Waals surface area contributed by atoms with Crippen molar-refractivity contribution >= 4 is 17.5 Å². The monoisotopic (exact) mass is 324 g/mol. The van der Waals surface area contributed by atoms with Gasteiger partial charge in [-0.05, 0) is 23.6 Å². The molecule has 0 fully saturated rings. The van der Waals surface area contributed by atoms with Crippen LogP contribution in [0.1, 0.15) is 36.6 Å². The highest BCUT2D eigenvalue weighted by Gasteiger charge is 2.29. The van der Waals surface area contributed by atoms with Crippen molar-refractivity contribution in [2.75, 3.05) is 11.4 Å². The van der Waals surface area contributed by atoms with Gasteiger partial charge in [0.2, 0.25) is 5.91 Å². The molecule has 2 aromatic carbocycles. The molecule has 5 heteroatoms. The topological polar surface area (TPSA) is 69.6 Å². The normalized spacial score (nSPS) is 17.8. The Balaban J connectivity index is 1.79. The standard InChI is InChI=1S/C19H20N2O3/c1-13(22)21-12-11-16(15-9-5-6-10-17(15)21)20-19(24)18(23)14-7-3-2-4-8-14/h2-10,16,18,23H,11-12H2,1H3,(H,20,24)/t16-,18-/m0/s1. The Morgan fingerprint density at radius 2 is 1.79 bits per heavy atom. The molecule has 124 valence electrons. The van der Waals surface area contributed by atoms with Crippen molar-refractivity contribution in [1.29, 1.82) is 0 Å². The number of nitrogens with zero attached hydrogens (tertiary/aromatic N) is 1. The van der Waals surface area contributed by atoms with E-state index < -0.39 is 12.0 Å². The van der Waals surface area contributed by atoms with Crippen molar-refractivity contribution in [3.8, 4) is 0 Å². The number of aliphatic hydroxyl groups is 1. The number of benzene rings is 2. The fourth-order valence-electron chi connectivity index (χ4n) is 3.08. The highest BCUT2D eigenvalue weighted by Crippen LogP contribution is 2.34. The molecule has 0 spiro atoms. The third kappa shape index (κ3) is 3.16. The molecule has 0 radical (unpaired) electrons. The third-order valence-electron chi connectivity index (χ3n) is 4.30. The van der Waals surface area contributed by atoms with Crippen LogP contribution >= 0.6 is 0 Å². The van der Waals surface area contributed by atoms with Crippen LogP contribution in [0.5, 0.6) is 0 Å². The first kappa shape index (κ1) is 16.2. The van der Waals surface area contributed by atoms with Crippen LogP contribution in [-0.2, 0) is 9.59 Å². The number of carbonyl (C=O) groups is 2. The summed E-state index contributed by atoms with van der Waals surface area (Å²) >= 11 is 0. The molecule has 0 aromatic heterocycles. The maximum atomic E-state index is 12.4. The Morgan fingerprint density at radius 3 is 2.50 bits per heavy atom. The molecule has 5 nitrogen and oxygen atoms in total. The fourth-order valence-corrected chi connectivity index (χ4v) is 3.08. The van der Waals surface area contributed by atoms with Gasteiger partial charge in [0.05, 0.1) is 6.04 Å². The summed E-state index contributed by atoms with van der Waals surface area (Å²) in [6.45, 7) is 2.08. The fraction of sp³-hybridized carbons (Fsp3) is 0.263. The maximum absolute atomic E-state index is 12.4. The van der Waals surface area contributed by atoms with Crippen LogP contribution in [-0.4, -0.2) is 23.5 Å². The molecule has 0 saturated carbocycles. The average Bonchev–Trinajstić information content (AvgIpc) is 2.61. The van der Waals surface area contributed by atoms with Gasteiger partial charge in [0, 0.05) is 19.2 Å². The lowest BCUT2D eigenvalue weighted by Crippen LogP contribution is -2.41. The SMILES string of the molecule is CC(=O)N1CC[C@H](NC(=O)[C@@H](O)c2ccccc2)c2ccccc21. The minimum absolute atomic E-state index is 0.0171. The lowest BCUT2D eigenvalue weighted by Gasteiger charge is -2.34. The van der Waals surface area contributed by atoms with E-state index in [0.717, 1.165) is 11.3 Å². The number of para-hydroxylation sites is 1. The first-order valence-electron chi connectivity index (χ1n) is 7.98. The molecule has 0 saturated heterocycles. The molecule has 24 heavy (non-hydrogen) atoms. The van der Waals surface area contributed by atoms with Crippen molar-refractivity contribution in [3.05, 3.63) is 65.7 Å². The van der Waals surface area contributed by atoms with E-state index in [1.165, 1.54) is 6.92 Å². The van der Waals surface area contributed by atoms with Gasteiger partial charge in [-0.25, -0.2) is 0 Å². The Hall–Kier alpha value is -2.66. The van der Waals surface area contributed by atoms with Crippen molar-refractivity contribution < 1.29 is 14.7 Å². The predicted octanol–water partition coefficient (Wildman–Crippen LogP) is 2.33. The van der Waals surface area contributed by atoms with Gasteiger partial charge in [-0.15, -0.1) is 0 Å². The summed E-state index contributed by atoms with van der Waals surface area (Å²) < 4.78 is 0. The number of fused-ring (bicyclic) bond motifs is 1. The summed E-state index contributed by atoms with van der Waals surface area (Å²) in [4.78, 5) is 25.9. The first-order valence-corrected chi connectivity index (χ1v) is 7.98. The van der Waals surface area contributed by atoms with Gasteiger partial charge >= 0.3 is 0 Å². The Bertz CT molecular complexity index is 745. The van der Waals surface area contributed by atoms with Crippen LogP contribution < -0.4 is 10.2 Å². The van der Waals surface area contributed by atoms with E-state index >= 15 is 0 Å². The second kappa shape index (κ2) is 6.84. The molecule has 0 bridgehead atoms. The van der Waals surface area contributed by atoms with Crippen LogP contribution in [0.15, 0.2) is 54.6 Å². The zero-order valence-corrected chi connectivity index (χ0v) is 13.5. The second-order valence-corrected chi connectivity index (χ2v) is 5.89. The average molecular weight is 324 g/mol. The summed E-state index contributed by atoms with van der Waals surface area (Å²) in [5, 5.41) is 13.1. The van der Waals surface area contributed by atoms with E-state index in [1.807, 2.05) is 30.3 Å². The van der Waals surface area contributed by atoms with Crippen molar-refractivity contribution in [2.45, 2.75) is 25.5 Å². The van der Waals surface area contributed by atoms with Gasteiger partial charge in [0.1, 0.15) is 0 Å². The number of hydrogen-bond donors (Lipinski definition) is 2. The van der Waals surface area contributed by atoms with Gasteiger partial charge in [-0.1, -0.05) is 48.5 Å². The third-order valence-corrected chi connectivity index (χ3v) is 4.30. The largest absolute Gasteiger partial charge is 0.378 e. The van der Waals surface area contributed by atoms with E-state index in [2.05, 4.69) is 5.32 Å². The molecule has 0 aliphatic carbocycles. The Kier molecular flexibility index (Phi) is 4.62. The number of amides is 2. The molecule has 2 atom stereocenters. The van der Waals surface area contributed by atoms with Crippen molar-refractivity contribution in [2.24, 2.45) is 0 Å². The summed E-state index contributed by atoms with van der Waals surface area (Å²) in [7, 11) is 0. The molecule has 1 aliphatic rings. The van der Waals surface area contributed by atoms with Gasteiger partial charge < -0.3 is 15.3 Å². The van der Waals surface area contributed by atoms with Crippen molar-refractivity contribution in [1.82, 2.24) is 5.32 Å². The zero-order chi connectivity index (χ0) is 17.1. The maximum Gasteiger partial charge on any atom is 0.253 e. The molecule has 1 heterocycles. The second-order valence-electron chi connectivity index (χ2n) is 5.89. The molecule has 2 N–H and O–H groups in total. The lowest BCUT2D eigenvalue weighted by atomic mass is 9.95. The number of nitrogens with one attached hydrogen (secondary N) is 1. The molecule has 2 aromatic rings. The van der Waals surface area contributed by atoms with Crippen LogP contribution in [0, 0.1) is 0 Å². The summed E-state index contributed by atoms with van der Waals surface area (Å²) in [6.07, 6.45) is -0.590. The molecular weight excluding hydrogens is 304 g/mol. The van der Waals surface area contributed by atoms with Gasteiger partial charge in [0.25, 0.3) is 5.91 Å². The smallest absolute Gasteiger partial charge is 0.253 e. The summed E-state index contributed by atoms with van der Waals surface area (Å²) in [6, 6.07) is 16.2. The summed E-state index contributed by atoms with van der Waals surface area (Å²) in [5.41, 5.74) is 2.27. The van der Waals surface area contributed by atoms with Crippen molar-refractivity contribution in [3.63, 3.8) is 0 Å². The zero-order valence-electron chi connectivity index (χ0n) is 13.5. The highest BCUT2D eigenvalue weighted by atomic mass is 16.3. The Morgan fingerprint density at radius 1 is 1.12 bits per heavy atom.